The molecule has 0 atom stereocenters. The molecule has 0 saturated heterocycles. The second-order valence-electron chi connectivity index (χ2n) is 1.78. The molecule has 0 saturated carbocycles. The molecule has 0 aliphatic rings. The van der Waals surface area contributed by atoms with E-state index in [4.69, 9.17) is 0 Å². The number of allylic oxidation sites excluding steroid dienone is 1. The normalized spacial score (nSPS) is 11.0. The number of nitrogens with zero attached hydrogens (tertiary/aromatic N) is 1. The largest absolute Gasteiger partial charge is 0.367 e. The van der Waals surface area contributed by atoms with Crippen molar-refractivity contribution in [2.45, 2.75) is 13.8 Å². The molecule has 2 nitrogen and oxygen atoms in total. The summed E-state index contributed by atoms with van der Waals surface area (Å²) in [5.74, 6) is 0.709. The maximum atomic E-state index is 3.93. The molecule has 0 aliphatic heterocycles. The first-order valence-corrected chi connectivity index (χ1v) is 3.34. The van der Waals surface area contributed by atoms with Crippen LogP contribution in [-0.4, -0.2) is 12.8 Å². The zero-order valence-electron chi connectivity index (χ0n) is 6.59. The van der Waals surface area contributed by atoms with Gasteiger partial charge in [0.05, 0.1) is 0 Å². The minimum absolute atomic E-state index is 0.709. The smallest absolute Gasteiger partial charge is 0.118 e. The van der Waals surface area contributed by atoms with Gasteiger partial charge in [0.15, 0.2) is 0 Å². The van der Waals surface area contributed by atoms with Crippen LogP contribution in [0.25, 0.3) is 0 Å². The predicted octanol–water partition coefficient (Wildman–Crippen LogP) is 1.71. The van der Waals surface area contributed by atoms with Crippen LogP contribution in [0.3, 0.4) is 0 Å². The zero-order chi connectivity index (χ0) is 7.82. The summed E-state index contributed by atoms with van der Waals surface area (Å²) in [5, 5.41) is 3.01. The lowest BCUT2D eigenvalue weighted by Crippen LogP contribution is -2.09. The fourth-order valence-corrected chi connectivity index (χ4v) is 0.496. The number of hydrogen-bond acceptors (Lipinski definition) is 2. The van der Waals surface area contributed by atoms with Crippen LogP contribution in [0.15, 0.2) is 29.5 Å². The van der Waals surface area contributed by atoms with E-state index in [9.17, 15) is 0 Å². The van der Waals surface area contributed by atoms with Gasteiger partial charge in [-0.15, -0.1) is 0 Å². The minimum atomic E-state index is 0.709. The van der Waals surface area contributed by atoms with E-state index in [1.165, 1.54) is 0 Å². The highest BCUT2D eigenvalue weighted by Gasteiger charge is 1.80. The van der Waals surface area contributed by atoms with Gasteiger partial charge in [-0.3, -0.25) is 0 Å². The number of hydrogen-bond donors (Lipinski definition) is 1. The Kier molecular flexibility index (Phi) is 5.44. The maximum Gasteiger partial charge on any atom is 0.118 e. The van der Waals surface area contributed by atoms with Crippen LogP contribution in [0.5, 0.6) is 0 Å². The minimum Gasteiger partial charge on any atom is -0.367 e. The molecule has 0 bridgehead atoms. The van der Waals surface area contributed by atoms with Gasteiger partial charge in [0.1, 0.15) is 5.82 Å². The SMILES string of the molecule is C=C(/N=C\C)NC/C=C/C. The van der Waals surface area contributed by atoms with Crippen LogP contribution in [0, 0.1) is 0 Å². The standard InChI is InChI=1S/C8H14N2/c1-4-6-7-10-8(3)9-5-2/h4-6,10H,3,7H2,1-2H3/b6-4+,9-5-. The topological polar surface area (TPSA) is 24.4 Å². The van der Waals surface area contributed by atoms with Gasteiger partial charge in [-0.1, -0.05) is 18.7 Å². The van der Waals surface area contributed by atoms with Gasteiger partial charge in [-0.05, 0) is 13.8 Å². The van der Waals surface area contributed by atoms with Gasteiger partial charge in [-0.25, -0.2) is 4.99 Å². The first kappa shape index (κ1) is 8.95. The van der Waals surface area contributed by atoms with Gasteiger partial charge in [-0.2, -0.15) is 0 Å². The van der Waals surface area contributed by atoms with Gasteiger partial charge < -0.3 is 5.32 Å². The van der Waals surface area contributed by atoms with Gasteiger partial charge in [0, 0.05) is 12.8 Å². The average molecular weight is 138 g/mol. The molecule has 0 fully saturated rings. The zero-order valence-corrected chi connectivity index (χ0v) is 6.59. The van der Waals surface area contributed by atoms with Crippen molar-refractivity contribution in [2.24, 2.45) is 4.99 Å². The van der Waals surface area contributed by atoms with E-state index in [1.54, 1.807) is 6.21 Å². The summed E-state index contributed by atoms with van der Waals surface area (Å²) in [7, 11) is 0. The Bertz CT molecular complexity index is 145. The third-order valence-corrected chi connectivity index (χ3v) is 0.945. The van der Waals surface area contributed by atoms with Gasteiger partial charge in [0.2, 0.25) is 0 Å². The quantitative estimate of drug-likeness (QED) is 0.464. The summed E-state index contributed by atoms with van der Waals surface area (Å²) in [6, 6.07) is 0. The average Bonchev–Trinajstić information content (AvgIpc) is 1.89. The predicted molar refractivity (Wildman–Crippen MR) is 46.1 cm³/mol. The Morgan fingerprint density at radius 3 is 2.80 bits per heavy atom. The van der Waals surface area contributed by atoms with Crippen molar-refractivity contribution in [1.29, 1.82) is 0 Å². The Morgan fingerprint density at radius 1 is 1.60 bits per heavy atom. The molecule has 0 aliphatic carbocycles. The van der Waals surface area contributed by atoms with Crippen molar-refractivity contribution in [3.8, 4) is 0 Å². The van der Waals surface area contributed by atoms with Crippen molar-refractivity contribution in [3.05, 3.63) is 24.6 Å². The molecule has 0 amide bonds. The maximum absolute atomic E-state index is 3.93. The summed E-state index contributed by atoms with van der Waals surface area (Å²) < 4.78 is 0. The highest BCUT2D eigenvalue weighted by molar-refractivity contribution is 5.54. The molecule has 0 radical (unpaired) electrons. The molecular weight excluding hydrogens is 124 g/mol. The first-order chi connectivity index (χ1) is 4.81. The number of nitrogens with one attached hydrogen (secondary N) is 1. The van der Waals surface area contributed by atoms with Crippen LogP contribution in [0.1, 0.15) is 13.8 Å². The summed E-state index contributed by atoms with van der Waals surface area (Å²) in [5.41, 5.74) is 0. The Morgan fingerprint density at radius 2 is 2.30 bits per heavy atom. The van der Waals surface area contributed by atoms with Crippen LogP contribution >= 0.6 is 0 Å². The molecule has 0 rings (SSSR count). The lowest BCUT2D eigenvalue weighted by atomic mass is 10.5. The first-order valence-electron chi connectivity index (χ1n) is 3.34. The molecule has 0 aromatic carbocycles. The fourth-order valence-electron chi connectivity index (χ4n) is 0.496. The van der Waals surface area contributed by atoms with Gasteiger partial charge in [0.25, 0.3) is 0 Å². The Hall–Kier alpha value is -1.05. The number of aliphatic imine (C=N–C) groups is 1. The molecule has 0 heterocycles. The number of rotatable bonds is 4. The fraction of sp³-hybridized carbons (Fsp3) is 0.375. The van der Waals surface area contributed by atoms with E-state index < -0.39 is 0 Å². The van der Waals surface area contributed by atoms with Crippen molar-refractivity contribution >= 4 is 6.21 Å². The third-order valence-electron chi connectivity index (χ3n) is 0.945. The monoisotopic (exact) mass is 138 g/mol. The molecule has 0 aromatic rings. The second-order valence-corrected chi connectivity index (χ2v) is 1.78. The Balaban J connectivity index is 3.40. The molecule has 56 valence electrons. The van der Waals surface area contributed by atoms with E-state index in [0.29, 0.717) is 5.82 Å². The summed E-state index contributed by atoms with van der Waals surface area (Å²) in [4.78, 5) is 3.93. The summed E-state index contributed by atoms with van der Waals surface area (Å²) in [6.07, 6.45) is 5.71. The molecule has 1 N–H and O–H groups in total. The second kappa shape index (κ2) is 6.08. The summed E-state index contributed by atoms with van der Waals surface area (Å²) in [6.45, 7) is 8.31. The lowest BCUT2D eigenvalue weighted by molar-refractivity contribution is 0.894. The Labute approximate surface area is 62.4 Å². The van der Waals surface area contributed by atoms with Crippen molar-refractivity contribution < 1.29 is 0 Å². The third kappa shape index (κ3) is 5.09. The van der Waals surface area contributed by atoms with Crippen LogP contribution in [-0.2, 0) is 0 Å². The van der Waals surface area contributed by atoms with Crippen LogP contribution in [0.4, 0.5) is 0 Å². The van der Waals surface area contributed by atoms with E-state index >= 15 is 0 Å². The van der Waals surface area contributed by atoms with Crippen molar-refractivity contribution in [1.82, 2.24) is 5.32 Å². The van der Waals surface area contributed by atoms with Crippen molar-refractivity contribution in [3.63, 3.8) is 0 Å². The molecule has 10 heavy (non-hydrogen) atoms. The summed E-state index contributed by atoms with van der Waals surface area (Å²) >= 11 is 0. The van der Waals surface area contributed by atoms with E-state index in [1.807, 2.05) is 26.0 Å². The van der Waals surface area contributed by atoms with E-state index in [-0.39, 0.29) is 0 Å². The highest BCUT2D eigenvalue weighted by Crippen LogP contribution is 1.82. The molecule has 0 unspecified atom stereocenters. The van der Waals surface area contributed by atoms with Crippen molar-refractivity contribution in [2.75, 3.05) is 6.54 Å². The molecule has 2 heteroatoms. The molecular formula is C8H14N2. The van der Waals surface area contributed by atoms with Gasteiger partial charge >= 0.3 is 0 Å². The van der Waals surface area contributed by atoms with Crippen LogP contribution in [0.2, 0.25) is 0 Å². The van der Waals surface area contributed by atoms with E-state index in [2.05, 4.69) is 16.9 Å². The molecule has 0 aromatic heterocycles. The molecule has 0 spiro atoms. The van der Waals surface area contributed by atoms with Crippen LogP contribution < -0.4 is 5.32 Å². The van der Waals surface area contributed by atoms with E-state index in [0.717, 1.165) is 6.54 Å². The lowest BCUT2D eigenvalue weighted by Gasteiger charge is -1.98. The highest BCUT2D eigenvalue weighted by atomic mass is 15.0.